The SMILES string of the molecule is Cc1cc(N2CCCC2)ccc1/C=C1\NC(=O)NC1=O. The molecule has 3 rings (SSSR count). The largest absolute Gasteiger partial charge is 0.372 e. The molecule has 0 aromatic heterocycles. The molecule has 104 valence electrons. The molecule has 2 heterocycles. The van der Waals surface area contributed by atoms with Gasteiger partial charge >= 0.3 is 6.03 Å². The first kappa shape index (κ1) is 12.7. The number of carbonyl (C=O) groups is 2. The zero-order valence-corrected chi connectivity index (χ0v) is 11.4. The van der Waals surface area contributed by atoms with Crippen LogP contribution in [0, 0.1) is 6.92 Å². The van der Waals surface area contributed by atoms with Crippen molar-refractivity contribution in [3.8, 4) is 0 Å². The highest BCUT2D eigenvalue weighted by molar-refractivity contribution is 6.14. The third-order valence-corrected chi connectivity index (χ3v) is 3.74. The highest BCUT2D eigenvalue weighted by Gasteiger charge is 2.23. The van der Waals surface area contributed by atoms with E-state index in [0.717, 1.165) is 24.2 Å². The van der Waals surface area contributed by atoms with Crippen molar-refractivity contribution in [3.63, 3.8) is 0 Å². The summed E-state index contributed by atoms with van der Waals surface area (Å²) in [5.74, 6) is -0.377. The lowest BCUT2D eigenvalue weighted by molar-refractivity contribution is -0.115. The normalized spacial score (nSPS) is 20.4. The standard InChI is InChI=1S/C15H17N3O2/c1-10-8-12(18-6-2-3-7-18)5-4-11(10)9-13-14(19)17-15(20)16-13/h4-5,8-9H,2-3,6-7H2,1H3,(H2,16,17,19,20)/b13-9-. The lowest BCUT2D eigenvalue weighted by Crippen LogP contribution is -2.22. The lowest BCUT2D eigenvalue weighted by atomic mass is 10.1. The van der Waals surface area contributed by atoms with Crippen LogP contribution in [0.15, 0.2) is 23.9 Å². The van der Waals surface area contributed by atoms with E-state index in [1.165, 1.54) is 18.5 Å². The zero-order chi connectivity index (χ0) is 14.1. The number of hydrogen-bond donors (Lipinski definition) is 2. The van der Waals surface area contributed by atoms with Gasteiger partial charge in [-0.3, -0.25) is 10.1 Å². The minimum Gasteiger partial charge on any atom is -0.372 e. The summed E-state index contributed by atoms with van der Waals surface area (Å²) < 4.78 is 0. The van der Waals surface area contributed by atoms with E-state index in [9.17, 15) is 9.59 Å². The van der Waals surface area contributed by atoms with Gasteiger partial charge in [-0.2, -0.15) is 0 Å². The number of amides is 3. The van der Waals surface area contributed by atoms with Gasteiger partial charge in [-0.05, 0) is 49.1 Å². The predicted octanol–water partition coefficient (Wildman–Crippen LogP) is 1.78. The predicted molar refractivity (Wildman–Crippen MR) is 77.3 cm³/mol. The third kappa shape index (κ3) is 2.39. The smallest absolute Gasteiger partial charge is 0.326 e. The van der Waals surface area contributed by atoms with Crippen LogP contribution in [-0.2, 0) is 4.79 Å². The minimum absolute atomic E-state index is 0.298. The first-order valence-electron chi connectivity index (χ1n) is 6.83. The summed E-state index contributed by atoms with van der Waals surface area (Å²) in [6, 6.07) is 5.73. The molecule has 5 heteroatoms. The molecule has 0 aliphatic carbocycles. The highest BCUT2D eigenvalue weighted by Crippen LogP contribution is 2.24. The molecule has 0 radical (unpaired) electrons. The first-order chi connectivity index (χ1) is 9.63. The summed E-state index contributed by atoms with van der Waals surface area (Å²) in [4.78, 5) is 25.0. The van der Waals surface area contributed by atoms with Gasteiger partial charge < -0.3 is 10.2 Å². The van der Waals surface area contributed by atoms with Crippen LogP contribution in [-0.4, -0.2) is 25.0 Å². The Kier molecular flexibility index (Phi) is 3.18. The van der Waals surface area contributed by atoms with E-state index in [0.29, 0.717) is 5.70 Å². The van der Waals surface area contributed by atoms with Crippen molar-refractivity contribution in [1.82, 2.24) is 10.6 Å². The van der Waals surface area contributed by atoms with Crippen LogP contribution in [0.25, 0.3) is 6.08 Å². The zero-order valence-electron chi connectivity index (χ0n) is 11.4. The fourth-order valence-corrected chi connectivity index (χ4v) is 2.63. The first-order valence-corrected chi connectivity index (χ1v) is 6.83. The number of hydrogen-bond acceptors (Lipinski definition) is 3. The van der Waals surface area contributed by atoms with Crippen molar-refractivity contribution in [2.45, 2.75) is 19.8 Å². The Morgan fingerprint density at radius 3 is 2.50 bits per heavy atom. The number of rotatable bonds is 2. The van der Waals surface area contributed by atoms with Crippen LogP contribution >= 0.6 is 0 Å². The summed E-state index contributed by atoms with van der Waals surface area (Å²) in [6.07, 6.45) is 4.21. The Morgan fingerprint density at radius 1 is 1.15 bits per heavy atom. The molecule has 0 saturated carbocycles. The number of urea groups is 1. The molecule has 1 aromatic carbocycles. The van der Waals surface area contributed by atoms with E-state index in [1.807, 2.05) is 13.0 Å². The van der Waals surface area contributed by atoms with Gasteiger partial charge in [0.2, 0.25) is 0 Å². The Hall–Kier alpha value is -2.30. The van der Waals surface area contributed by atoms with Crippen LogP contribution in [0.4, 0.5) is 10.5 Å². The fourth-order valence-electron chi connectivity index (χ4n) is 2.63. The van der Waals surface area contributed by atoms with Crippen molar-refractivity contribution in [1.29, 1.82) is 0 Å². The number of nitrogens with zero attached hydrogens (tertiary/aromatic N) is 1. The van der Waals surface area contributed by atoms with Crippen LogP contribution in [0.5, 0.6) is 0 Å². The minimum atomic E-state index is -0.465. The molecule has 2 aliphatic heterocycles. The summed E-state index contributed by atoms with van der Waals surface area (Å²) >= 11 is 0. The summed E-state index contributed by atoms with van der Waals surface area (Å²) in [7, 11) is 0. The molecule has 5 nitrogen and oxygen atoms in total. The molecule has 0 bridgehead atoms. The quantitative estimate of drug-likeness (QED) is 0.636. The van der Waals surface area contributed by atoms with Crippen LogP contribution < -0.4 is 15.5 Å². The molecule has 3 amide bonds. The second-order valence-corrected chi connectivity index (χ2v) is 5.20. The maximum absolute atomic E-state index is 11.5. The molecule has 2 N–H and O–H groups in total. The van der Waals surface area contributed by atoms with Gasteiger partial charge in [0.25, 0.3) is 5.91 Å². The number of anilines is 1. The van der Waals surface area contributed by atoms with Gasteiger partial charge in [0, 0.05) is 18.8 Å². The van der Waals surface area contributed by atoms with Crippen molar-refractivity contribution >= 4 is 23.7 Å². The van der Waals surface area contributed by atoms with Crippen molar-refractivity contribution in [2.75, 3.05) is 18.0 Å². The Balaban J connectivity index is 1.86. The number of imide groups is 1. The van der Waals surface area contributed by atoms with Gasteiger partial charge in [-0.1, -0.05) is 6.07 Å². The average Bonchev–Trinajstić information content (AvgIpc) is 3.02. The lowest BCUT2D eigenvalue weighted by Gasteiger charge is -2.18. The second kappa shape index (κ2) is 5.00. The fraction of sp³-hybridized carbons (Fsp3) is 0.333. The summed E-state index contributed by atoms with van der Waals surface area (Å²) in [5, 5.41) is 4.70. The van der Waals surface area contributed by atoms with Gasteiger partial charge in [0.15, 0.2) is 0 Å². The van der Waals surface area contributed by atoms with Crippen LogP contribution in [0.3, 0.4) is 0 Å². The van der Waals surface area contributed by atoms with E-state index >= 15 is 0 Å². The average molecular weight is 271 g/mol. The number of nitrogens with one attached hydrogen (secondary N) is 2. The van der Waals surface area contributed by atoms with Gasteiger partial charge in [-0.15, -0.1) is 0 Å². The van der Waals surface area contributed by atoms with Gasteiger partial charge in [0.05, 0.1) is 0 Å². The molecule has 0 spiro atoms. The van der Waals surface area contributed by atoms with Crippen molar-refractivity contribution < 1.29 is 9.59 Å². The Bertz CT molecular complexity index is 601. The molecule has 2 aliphatic rings. The second-order valence-electron chi connectivity index (χ2n) is 5.20. The molecular weight excluding hydrogens is 254 g/mol. The van der Waals surface area contributed by atoms with Crippen LogP contribution in [0.2, 0.25) is 0 Å². The third-order valence-electron chi connectivity index (χ3n) is 3.74. The van der Waals surface area contributed by atoms with E-state index in [4.69, 9.17) is 0 Å². The highest BCUT2D eigenvalue weighted by atomic mass is 16.2. The van der Waals surface area contributed by atoms with Crippen molar-refractivity contribution in [2.24, 2.45) is 0 Å². The monoisotopic (exact) mass is 271 g/mol. The molecule has 2 saturated heterocycles. The number of carbonyl (C=O) groups excluding carboxylic acids is 2. The van der Waals surface area contributed by atoms with E-state index in [2.05, 4.69) is 27.7 Å². The van der Waals surface area contributed by atoms with E-state index in [-0.39, 0.29) is 5.91 Å². The summed E-state index contributed by atoms with van der Waals surface area (Å²) in [6.45, 7) is 4.23. The molecule has 0 atom stereocenters. The van der Waals surface area contributed by atoms with Gasteiger partial charge in [-0.25, -0.2) is 4.79 Å². The molecule has 0 unspecified atom stereocenters. The number of benzene rings is 1. The van der Waals surface area contributed by atoms with E-state index in [1.54, 1.807) is 6.08 Å². The van der Waals surface area contributed by atoms with Crippen LogP contribution in [0.1, 0.15) is 24.0 Å². The molecule has 1 aromatic rings. The molecular formula is C15H17N3O2. The van der Waals surface area contributed by atoms with Gasteiger partial charge in [0.1, 0.15) is 5.70 Å². The maximum atomic E-state index is 11.5. The number of aryl methyl sites for hydroxylation is 1. The van der Waals surface area contributed by atoms with E-state index < -0.39 is 6.03 Å². The molecule has 2 fully saturated rings. The Morgan fingerprint density at radius 2 is 1.90 bits per heavy atom. The Labute approximate surface area is 117 Å². The maximum Gasteiger partial charge on any atom is 0.326 e. The van der Waals surface area contributed by atoms with Crippen molar-refractivity contribution in [3.05, 3.63) is 35.0 Å². The topological polar surface area (TPSA) is 61.4 Å². The summed E-state index contributed by atoms with van der Waals surface area (Å²) in [5.41, 5.74) is 3.56. The molecule has 20 heavy (non-hydrogen) atoms.